The van der Waals surface area contributed by atoms with Gasteiger partial charge in [0.05, 0.1) is 12.0 Å². The number of benzene rings is 1. The molecule has 0 saturated carbocycles. The molecule has 3 unspecified atom stereocenters. The first-order chi connectivity index (χ1) is 8.58. The molecule has 1 aromatic carbocycles. The summed E-state index contributed by atoms with van der Waals surface area (Å²) in [5.41, 5.74) is 0.827. The summed E-state index contributed by atoms with van der Waals surface area (Å²) < 4.78 is 0. The van der Waals surface area contributed by atoms with Gasteiger partial charge in [0.15, 0.2) is 6.10 Å². The quantitative estimate of drug-likeness (QED) is 0.681. The Kier molecular flexibility index (Phi) is 2.36. The van der Waals surface area contributed by atoms with Crippen molar-refractivity contribution < 1.29 is 19.5 Å². The molecular weight excluding hydrogens is 236 g/mol. The highest BCUT2D eigenvalue weighted by atomic mass is 16.7. The van der Waals surface area contributed by atoms with Gasteiger partial charge in [0.1, 0.15) is 5.75 Å². The monoisotopic (exact) mass is 248 g/mol. The topological polar surface area (TPSA) is 78.9 Å². The van der Waals surface area contributed by atoms with Gasteiger partial charge >= 0.3 is 0 Å². The van der Waals surface area contributed by atoms with Gasteiger partial charge in [0.2, 0.25) is 5.91 Å². The zero-order chi connectivity index (χ0) is 12.9. The second-order valence-electron chi connectivity index (χ2n) is 4.49. The first-order valence-corrected chi connectivity index (χ1v) is 5.61. The van der Waals surface area contributed by atoms with Crippen molar-refractivity contribution in [1.29, 1.82) is 0 Å². The lowest BCUT2D eigenvalue weighted by Crippen LogP contribution is -2.31. The van der Waals surface area contributed by atoms with E-state index in [1.54, 1.807) is 31.3 Å². The van der Waals surface area contributed by atoms with Crippen LogP contribution in [0.1, 0.15) is 11.6 Å². The lowest BCUT2D eigenvalue weighted by atomic mass is 9.91. The van der Waals surface area contributed by atoms with Crippen LogP contribution in [0, 0.1) is 5.92 Å². The fraction of sp³-hybridized carbons (Fsp3) is 0.333. The normalized spacial score (nSPS) is 31.5. The second kappa shape index (κ2) is 3.79. The minimum atomic E-state index is -0.749. The molecule has 0 bridgehead atoms. The maximum Gasteiger partial charge on any atom is 0.258 e. The van der Waals surface area contributed by atoms with E-state index in [1.807, 2.05) is 0 Å². The van der Waals surface area contributed by atoms with Crippen LogP contribution in [0.5, 0.6) is 5.75 Å². The van der Waals surface area contributed by atoms with Gasteiger partial charge in [-0.15, -0.1) is 0 Å². The number of hydroxylamine groups is 2. The van der Waals surface area contributed by atoms with E-state index in [-0.39, 0.29) is 17.7 Å². The van der Waals surface area contributed by atoms with Gasteiger partial charge in [-0.05, 0) is 17.7 Å². The number of nitrogens with one attached hydrogen (secondary N) is 1. The maximum atomic E-state index is 11.8. The molecule has 1 aromatic rings. The summed E-state index contributed by atoms with van der Waals surface area (Å²) in [6, 6.07) is 6.22. The van der Waals surface area contributed by atoms with Gasteiger partial charge in [-0.3, -0.25) is 19.7 Å². The number of aromatic hydroxyl groups is 1. The highest BCUT2D eigenvalue weighted by Gasteiger charge is 2.55. The number of carbonyl (C=O) groups is 2. The fourth-order valence-electron chi connectivity index (χ4n) is 2.56. The average molecular weight is 248 g/mol. The van der Waals surface area contributed by atoms with Gasteiger partial charge in [0, 0.05) is 7.05 Å². The largest absolute Gasteiger partial charge is 0.508 e. The number of hydrogen-bond acceptors (Lipinski definition) is 5. The molecule has 2 aliphatic heterocycles. The molecule has 2 aliphatic rings. The Morgan fingerprint density at radius 3 is 2.56 bits per heavy atom. The minimum absolute atomic E-state index is 0.156. The summed E-state index contributed by atoms with van der Waals surface area (Å²) in [5, 5.41) is 13.1. The lowest BCUT2D eigenvalue weighted by molar-refractivity contribution is -0.162. The van der Waals surface area contributed by atoms with Gasteiger partial charge < -0.3 is 5.11 Å². The highest BCUT2D eigenvalue weighted by Crippen LogP contribution is 2.41. The van der Waals surface area contributed by atoms with E-state index in [1.165, 1.54) is 5.06 Å². The van der Waals surface area contributed by atoms with Gasteiger partial charge in [-0.2, -0.15) is 5.06 Å². The lowest BCUT2D eigenvalue weighted by Gasteiger charge is -2.21. The summed E-state index contributed by atoms with van der Waals surface area (Å²) >= 11 is 0. The van der Waals surface area contributed by atoms with Crippen LogP contribution >= 0.6 is 0 Å². The predicted molar refractivity (Wildman–Crippen MR) is 60.1 cm³/mol. The van der Waals surface area contributed by atoms with E-state index in [9.17, 15) is 14.7 Å². The smallest absolute Gasteiger partial charge is 0.258 e. The Bertz CT molecular complexity index is 513. The van der Waals surface area contributed by atoms with Gasteiger partial charge in [0.25, 0.3) is 5.91 Å². The molecule has 0 aromatic heterocycles. The number of rotatable bonds is 1. The molecular formula is C12H12N2O4. The molecule has 2 saturated heterocycles. The Morgan fingerprint density at radius 1 is 1.22 bits per heavy atom. The van der Waals surface area contributed by atoms with Crippen molar-refractivity contribution in [2.24, 2.45) is 5.92 Å². The van der Waals surface area contributed by atoms with E-state index >= 15 is 0 Å². The van der Waals surface area contributed by atoms with E-state index < -0.39 is 17.9 Å². The van der Waals surface area contributed by atoms with Crippen LogP contribution in [0.4, 0.5) is 0 Å². The van der Waals surface area contributed by atoms with Crippen LogP contribution in [0.2, 0.25) is 0 Å². The summed E-state index contributed by atoms with van der Waals surface area (Å²) in [6.45, 7) is 0. The SMILES string of the molecule is CN1OC2C(=O)NC(=O)C2C1c1ccc(O)cc1. The van der Waals surface area contributed by atoms with Crippen molar-refractivity contribution in [2.75, 3.05) is 7.05 Å². The average Bonchev–Trinajstić information content (AvgIpc) is 2.79. The Labute approximate surface area is 103 Å². The Balaban J connectivity index is 1.98. The third-order valence-electron chi connectivity index (χ3n) is 3.38. The number of phenolic OH excluding ortho intramolecular Hbond substituents is 1. The molecule has 94 valence electrons. The molecule has 2 amide bonds. The molecule has 6 heteroatoms. The van der Waals surface area contributed by atoms with E-state index in [0.29, 0.717) is 0 Å². The minimum Gasteiger partial charge on any atom is -0.508 e. The van der Waals surface area contributed by atoms with Crippen LogP contribution in [-0.4, -0.2) is 35.1 Å². The molecule has 0 radical (unpaired) electrons. The molecule has 3 rings (SSSR count). The Hall–Kier alpha value is -1.92. The summed E-state index contributed by atoms with van der Waals surface area (Å²) in [4.78, 5) is 28.7. The van der Waals surface area contributed by atoms with Crippen molar-refractivity contribution in [3.05, 3.63) is 29.8 Å². The Morgan fingerprint density at radius 2 is 1.89 bits per heavy atom. The first-order valence-electron chi connectivity index (χ1n) is 5.61. The van der Waals surface area contributed by atoms with Crippen molar-refractivity contribution in [3.63, 3.8) is 0 Å². The zero-order valence-electron chi connectivity index (χ0n) is 9.66. The number of nitrogens with zero attached hydrogens (tertiary/aromatic N) is 1. The number of amides is 2. The summed E-state index contributed by atoms with van der Waals surface area (Å²) in [7, 11) is 1.69. The third kappa shape index (κ3) is 1.50. The van der Waals surface area contributed by atoms with Crippen LogP contribution < -0.4 is 5.32 Å². The van der Waals surface area contributed by atoms with Gasteiger partial charge in [-0.1, -0.05) is 12.1 Å². The van der Waals surface area contributed by atoms with Crippen LogP contribution in [0.15, 0.2) is 24.3 Å². The first kappa shape index (κ1) is 11.2. The standard InChI is InChI=1S/C12H12N2O4/c1-14-9(6-2-4-7(15)5-3-6)8-10(18-14)12(17)13-11(8)16/h2-5,8-10,15H,1H3,(H,13,16,17). The molecule has 0 spiro atoms. The number of imide groups is 1. The molecule has 2 N–H and O–H groups in total. The van der Waals surface area contributed by atoms with Crippen molar-refractivity contribution in [1.82, 2.24) is 10.4 Å². The fourth-order valence-corrected chi connectivity index (χ4v) is 2.56. The van der Waals surface area contributed by atoms with E-state index in [4.69, 9.17) is 4.84 Å². The summed E-state index contributed by atoms with van der Waals surface area (Å²) in [5.74, 6) is -1.08. The molecule has 3 atom stereocenters. The third-order valence-corrected chi connectivity index (χ3v) is 3.38. The molecule has 0 aliphatic carbocycles. The van der Waals surface area contributed by atoms with E-state index in [0.717, 1.165) is 5.56 Å². The van der Waals surface area contributed by atoms with Crippen LogP contribution in [0.25, 0.3) is 0 Å². The zero-order valence-corrected chi connectivity index (χ0v) is 9.66. The highest BCUT2D eigenvalue weighted by molar-refractivity contribution is 6.07. The molecule has 2 fully saturated rings. The molecule has 18 heavy (non-hydrogen) atoms. The predicted octanol–water partition coefficient (Wildman–Crippen LogP) is -0.0485. The molecule has 6 nitrogen and oxygen atoms in total. The van der Waals surface area contributed by atoms with Crippen molar-refractivity contribution >= 4 is 11.8 Å². The second-order valence-corrected chi connectivity index (χ2v) is 4.49. The van der Waals surface area contributed by atoms with Crippen LogP contribution in [0.3, 0.4) is 0 Å². The number of phenols is 1. The van der Waals surface area contributed by atoms with Crippen molar-refractivity contribution in [2.45, 2.75) is 12.1 Å². The van der Waals surface area contributed by atoms with Gasteiger partial charge in [-0.25, -0.2) is 0 Å². The number of hydrogen-bond donors (Lipinski definition) is 2. The number of carbonyl (C=O) groups excluding carboxylic acids is 2. The van der Waals surface area contributed by atoms with Crippen molar-refractivity contribution in [3.8, 4) is 5.75 Å². The van der Waals surface area contributed by atoms with E-state index in [2.05, 4.69) is 5.32 Å². The van der Waals surface area contributed by atoms with Crippen LogP contribution in [-0.2, 0) is 14.4 Å². The number of fused-ring (bicyclic) bond motifs is 1. The summed E-state index contributed by atoms with van der Waals surface area (Å²) in [6.07, 6.45) is -0.749. The molecule has 2 heterocycles. The maximum absolute atomic E-state index is 11.8.